The molecule has 0 amide bonds. The quantitative estimate of drug-likeness (QED) is 0.602. The lowest BCUT2D eigenvalue weighted by molar-refractivity contribution is 0.778. The molecule has 0 fully saturated rings. The first kappa shape index (κ1) is 12.9. The summed E-state index contributed by atoms with van der Waals surface area (Å²) in [5.74, 6) is 1.13. The molecule has 0 aliphatic heterocycles. The summed E-state index contributed by atoms with van der Waals surface area (Å²) in [6.45, 7) is 2.78. The van der Waals surface area contributed by atoms with Crippen LogP contribution in [0.3, 0.4) is 0 Å². The molecular formula is C12H18ClNS. The third-order valence-electron chi connectivity index (χ3n) is 2.26. The number of hydrogen-bond donors (Lipinski definition) is 1. The largest absolute Gasteiger partial charge is 0.326 e. The van der Waals surface area contributed by atoms with E-state index in [2.05, 4.69) is 6.92 Å². The van der Waals surface area contributed by atoms with E-state index in [-0.39, 0.29) is 0 Å². The van der Waals surface area contributed by atoms with Crippen molar-refractivity contribution < 1.29 is 0 Å². The van der Waals surface area contributed by atoms with E-state index in [0.29, 0.717) is 6.54 Å². The Kier molecular flexibility index (Phi) is 6.15. The molecule has 2 N–H and O–H groups in total. The van der Waals surface area contributed by atoms with Gasteiger partial charge in [-0.3, -0.25) is 0 Å². The second-order valence-corrected chi connectivity index (χ2v) is 5.00. The predicted molar refractivity (Wildman–Crippen MR) is 69.6 cm³/mol. The summed E-state index contributed by atoms with van der Waals surface area (Å²) in [6.07, 6.45) is 3.79. The summed E-state index contributed by atoms with van der Waals surface area (Å²) in [6, 6.07) is 5.94. The average molecular weight is 244 g/mol. The summed E-state index contributed by atoms with van der Waals surface area (Å²) < 4.78 is 0. The number of halogens is 1. The summed E-state index contributed by atoms with van der Waals surface area (Å²) in [5.41, 5.74) is 6.83. The van der Waals surface area contributed by atoms with Crippen LogP contribution in [-0.2, 0) is 6.54 Å². The molecule has 0 atom stereocenters. The van der Waals surface area contributed by atoms with Gasteiger partial charge in [-0.1, -0.05) is 43.5 Å². The number of hydrogen-bond acceptors (Lipinski definition) is 2. The van der Waals surface area contributed by atoms with Gasteiger partial charge in [-0.2, -0.15) is 0 Å². The average Bonchev–Trinajstić information content (AvgIpc) is 2.26. The standard InChI is InChI=1S/C12H18ClNS/c1-2-3-4-8-15-12-10(9-14)6-5-7-11(12)13/h5-7H,2-4,8-9,14H2,1H3. The molecule has 0 radical (unpaired) electrons. The number of nitrogens with two attached hydrogens (primary N) is 1. The van der Waals surface area contributed by atoms with Crippen molar-refractivity contribution in [3.05, 3.63) is 28.8 Å². The molecule has 0 aliphatic carbocycles. The van der Waals surface area contributed by atoms with Gasteiger partial charge in [-0.25, -0.2) is 0 Å². The van der Waals surface area contributed by atoms with E-state index in [1.54, 1.807) is 0 Å². The maximum Gasteiger partial charge on any atom is 0.0545 e. The Morgan fingerprint density at radius 2 is 2.13 bits per heavy atom. The lowest BCUT2D eigenvalue weighted by atomic mass is 10.2. The fourth-order valence-corrected chi connectivity index (χ4v) is 2.86. The second kappa shape index (κ2) is 7.15. The van der Waals surface area contributed by atoms with Gasteiger partial charge in [0.25, 0.3) is 0 Å². The third kappa shape index (κ3) is 4.06. The van der Waals surface area contributed by atoms with Crippen LogP contribution in [-0.4, -0.2) is 5.75 Å². The van der Waals surface area contributed by atoms with Crippen LogP contribution < -0.4 is 5.73 Å². The molecule has 0 unspecified atom stereocenters. The Bertz CT molecular complexity index is 302. The Hall–Kier alpha value is -0.180. The Morgan fingerprint density at radius 3 is 2.80 bits per heavy atom. The van der Waals surface area contributed by atoms with Gasteiger partial charge in [-0.05, 0) is 23.8 Å². The first-order valence-electron chi connectivity index (χ1n) is 5.39. The summed E-state index contributed by atoms with van der Waals surface area (Å²) in [5, 5.41) is 0.833. The lowest BCUT2D eigenvalue weighted by Gasteiger charge is -2.09. The molecule has 15 heavy (non-hydrogen) atoms. The number of rotatable bonds is 6. The fraction of sp³-hybridized carbons (Fsp3) is 0.500. The molecule has 0 saturated heterocycles. The van der Waals surface area contributed by atoms with Crippen molar-refractivity contribution in [2.45, 2.75) is 37.6 Å². The minimum absolute atomic E-state index is 0.566. The first-order chi connectivity index (χ1) is 7.29. The first-order valence-corrected chi connectivity index (χ1v) is 6.76. The molecule has 0 spiro atoms. The molecule has 1 aromatic carbocycles. The molecule has 1 aromatic rings. The number of unbranched alkanes of at least 4 members (excludes halogenated alkanes) is 2. The minimum atomic E-state index is 0.566. The summed E-state index contributed by atoms with van der Waals surface area (Å²) in [7, 11) is 0. The fourth-order valence-electron chi connectivity index (χ4n) is 1.40. The van der Waals surface area contributed by atoms with E-state index in [0.717, 1.165) is 21.2 Å². The van der Waals surface area contributed by atoms with E-state index in [4.69, 9.17) is 17.3 Å². The van der Waals surface area contributed by atoms with Gasteiger partial charge in [-0.15, -0.1) is 11.8 Å². The maximum atomic E-state index is 6.14. The SMILES string of the molecule is CCCCCSc1c(Cl)cccc1CN. The van der Waals surface area contributed by atoms with E-state index in [1.165, 1.54) is 19.3 Å². The van der Waals surface area contributed by atoms with Gasteiger partial charge in [0.1, 0.15) is 0 Å². The van der Waals surface area contributed by atoms with Gasteiger partial charge >= 0.3 is 0 Å². The van der Waals surface area contributed by atoms with Crippen LogP contribution in [0.1, 0.15) is 31.7 Å². The lowest BCUT2D eigenvalue weighted by Crippen LogP contribution is -1.98. The highest BCUT2D eigenvalue weighted by molar-refractivity contribution is 7.99. The van der Waals surface area contributed by atoms with Gasteiger partial charge in [0, 0.05) is 11.4 Å². The second-order valence-electron chi connectivity index (χ2n) is 3.49. The smallest absolute Gasteiger partial charge is 0.0545 e. The van der Waals surface area contributed by atoms with Crippen LogP contribution in [0.4, 0.5) is 0 Å². The van der Waals surface area contributed by atoms with Crippen molar-refractivity contribution >= 4 is 23.4 Å². The monoisotopic (exact) mass is 243 g/mol. The van der Waals surface area contributed by atoms with E-state index >= 15 is 0 Å². The summed E-state index contributed by atoms with van der Waals surface area (Å²) in [4.78, 5) is 1.16. The molecule has 0 bridgehead atoms. The van der Waals surface area contributed by atoms with Crippen LogP contribution in [0.2, 0.25) is 5.02 Å². The molecule has 1 rings (SSSR count). The van der Waals surface area contributed by atoms with Crippen molar-refractivity contribution in [2.24, 2.45) is 5.73 Å². The topological polar surface area (TPSA) is 26.0 Å². The van der Waals surface area contributed by atoms with Crippen LogP contribution in [0.5, 0.6) is 0 Å². The van der Waals surface area contributed by atoms with E-state index < -0.39 is 0 Å². The maximum absolute atomic E-state index is 6.14. The highest BCUT2D eigenvalue weighted by Crippen LogP contribution is 2.31. The molecular weight excluding hydrogens is 226 g/mol. The van der Waals surface area contributed by atoms with E-state index in [1.807, 2.05) is 30.0 Å². The van der Waals surface area contributed by atoms with Crippen molar-refractivity contribution in [3.8, 4) is 0 Å². The molecule has 0 aliphatic rings. The number of thioether (sulfide) groups is 1. The third-order valence-corrected chi connectivity index (χ3v) is 3.95. The normalized spacial score (nSPS) is 10.6. The van der Waals surface area contributed by atoms with Crippen molar-refractivity contribution in [1.29, 1.82) is 0 Å². The Balaban J connectivity index is 2.58. The number of benzene rings is 1. The van der Waals surface area contributed by atoms with Crippen molar-refractivity contribution in [3.63, 3.8) is 0 Å². The molecule has 0 aromatic heterocycles. The summed E-state index contributed by atoms with van der Waals surface area (Å²) >= 11 is 7.97. The van der Waals surface area contributed by atoms with Crippen LogP contribution in [0.25, 0.3) is 0 Å². The van der Waals surface area contributed by atoms with Crippen molar-refractivity contribution in [2.75, 3.05) is 5.75 Å². The van der Waals surface area contributed by atoms with Gasteiger partial charge in [0.15, 0.2) is 0 Å². The highest BCUT2D eigenvalue weighted by atomic mass is 35.5. The highest BCUT2D eigenvalue weighted by Gasteiger charge is 2.05. The van der Waals surface area contributed by atoms with E-state index in [9.17, 15) is 0 Å². The van der Waals surface area contributed by atoms with Gasteiger partial charge < -0.3 is 5.73 Å². The molecule has 0 heterocycles. The molecule has 84 valence electrons. The minimum Gasteiger partial charge on any atom is -0.326 e. The van der Waals surface area contributed by atoms with Gasteiger partial charge in [0.2, 0.25) is 0 Å². The van der Waals surface area contributed by atoms with Gasteiger partial charge in [0.05, 0.1) is 5.02 Å². The molecule has 1 nitrogen and oxygen atoms in total. The predicted octanol–water partition coefficient (Wildman–Crippen LogP) is 4.08. The molecule has 3 heteroatoms. The van der Waals surface area contributed by atoms with Crippen LogP contribution >= 0.6 is 23.4 Å². The van der Waals surface area contributed by atoms with Crippen LogP contribution in [0, 0.1) is 0 Å². The zero-order valence-corrected chi connectivity index (χ0v) is 10.7. The Morgan fingerprint density at radius 1 is 1.33 bits per heavy atom. The molecule has 0 saturated carbocycles. The zero-order chi connectivity index (χ0) is 11.1. The van der Waals surface area contributed by atoms with Crippen molar-refractivity contribution in [1.82, 2.24) is 0 Å². The Labute approximate surface area is 101 Å². The van der Waals surface area contributed by atoms with Crippen LogP contribution in [0.15, 0.2) is 23.1 Å². The zero-order valence-electron chi connectivity index (χ0n) is 9.13.